The van der Waals surface area contributed by atoms with Crippen molar-refractivity contribution in [3.8, 4) is 5.75 Å². The van der Waals surface area contributed by atoms with Crippen LogP contribution in [0.4, 0.5) is 5.69 Å². The summed E-state index contributed by atoms with van der Waals surface area (Å²) in [4.78, 5) is 19.4. The van der Waals surface area contributed by atoms with E-state index in [1.807, 2.05) is 75.4 Å². The van der Waals surface area contributed by atoms with Gasteiger partial charge in [0.15, 0.2) is 5.17 Å². The van der Waals surface area contributed by atoms with E-state index in [0.29, 0.717) is 10.1 Å². The standard InChI is InChI=1S/C21H22N2O2S/c1-14(2)25-18-8-6-5-7-16(18)13-19-20(24)23(4)21(26-19)22-17-11-9-15(3)10-12-17/h5-14H,1-4H3/b19-13+,22-21?. The van der Waals surface area contributed by atoms with Gasteiger partial charge in [-0.25, -0.2) is 4.99 Å². The Morgan fingerprint density at radius 2 is 1.81 bits per heavy atom. The Labute approximate surface area is 158 Å². The lowest BCUT2D eigenvalue weighted by atomic mass is 10.2. The number of nitrogens with zero attached hydrogens (tertiary/aromatic N) is 2. The van der Waals surface area contributed by atoms with E-state index in [0.717, 1.165) is 17.0 Å². The molecule has 0 bridgehead atoms. The molecule has 0 radical (unpaired) electrons. The monoisotopic (exact) mass is 366 g/mol. The molecule has 0 spiro atoms. The van der Waals surface area contributed by atoms with Crippen LogP contribution in [0.2, 0.25) is 0 Å². The summed E-state index contributed by atoms with van der Waals surface area (Å²) in [5.74, 6) is 0.718. The average molecular weight is 366 g/mol. The average Bonchev–Trinajstić information content (AvgIpc) is 2.86. The first-order valence-electron chi connectivity index (χ1n) is 8.52. The van der Waals surface area contributed by atoms with Crippen molar-refractivity contribution < 1.29 is 9.53 Å². The smallest absolute Gasteiger partial charge is 0.266 e. The first-order valence-corrected chi connectivity index (χ1v) is 9.34. The Hall–Kier alpha value is -2.53. The van der Waals surface area contributed by atoms with E-state index >= 15 is 0 Å². The lowest BCUT2D eigenvalue weighted by Crippen LogP contribution is -2.23. The van der Waals surface area contributed by atoms with Crippen LogP contribution in [0.25, 0.3) is 6.08 Å². The third kappa shape index (κ3) is 4.17. The Kier molecular flexibility index (Phi) is 5.47. The maximum absolute atomic E-state index is 12.6. The summed E-state index contributed by atoms with van der Waals surface area (Å²) in [6, 6.07) is 15.7. The molecule has 1 aliphatic rings. The minimum absolute atomic E-state index is 0.0554. The minimum Gasteiger partial charge on any atom is -0.490 e. The second-order valence-electron chi connectivity index (χ2n) is 6.41. The summed E-state index contributed by atoms with van der Waals surface area (Å²) < 4.78 is 5.84. The summed E-state index contributed by atoms with van der Waals surface area (Å²) in [5.41, 5.74) is 2.91. The molecule has 2 aromatic rings. The van der Waals surface area contributed by atoms with Gasteiger partial charge in [0, 0.05) is 12.6 Å². The first-order chi connectivity index (χ1) is 12.4. The van der Waals surface area contributed by atoms with Crippen molar-refractivity contribution >= 4 is 34.6 Å². The molecule has 0 unspecified atom stereocenters. The van der Waals surface area contributed by atoms with E-state index in [1.165, 1.54) is 17.3 Å². The third-order valence-electron chi connectivity index (χ3n) is 3.83. The first kappa shape index (κ1) is 18.3. The van der Waals surface area contributed by atoms with Crippen LogP contribution in [0.15, 0.2) is 58.4 Å². The zero-order chi connectivity index (χ0) is 18.7. The van der Waals surface area contributed by atoms with Crippen molar-refractivity contribution in [1.29, 1.82) is 0 Å². The molecule has 1 heterocycles. The maximum Gasteiger partial charge on any atom is 0.266 e. The Morgan fingerprint density at radius 3 is 2.50 bits per heavy atom. The van der Waals surface area contributed by atoms with Gasteiger partial charge in [-0.15, -0.1) is 0 Å². The fraction of sp³-hybridized carbons (Fsp3) is 0.238. The van der Waals surface area contributed by atoms with Crippen LogP contribution in [0.3, 0.4) is 0 Å². The number of rotatable bonds is 4. The second kappa shape index (κ2) is 7.79. The van der Waals surface area contributed by atoms with Crippen molar-refractivity contribution in [3.05, 3.63) is 64.6 Å². The summed E-state index contributed by atoms with van der Waals surface area (Å²) in [5, 5.41) is 0.673. The van der Waals surface area contributed by atoms with Gasteiger partial charge < -0.3 is 4.74 Å². The van der Waals surface area contributed by atoms with Crippen LogP contribution in [-0.2, 0) is 4.79 Å². The maximum atomic E-state index is 12.6. The highest BCUT2D eigenvalue weighted by Crippen LogP contribution is 2.34. The Morgan fingerprint density at radius 1 is 1.12 bits per heavy atom. The third-order valence-corrected chi connectivity index (χ3v) is 4.89. The number of thioether (sulfide) groups is 1. The van der Waals surface area contributed by atoms with Gasteiger partial charge in [-0.3, -0.25) is 9.69 Å². The zero-order valence-electron chi connectivity index (χ0n) is 15.4. The van der Waals surface area contributed by atoms with E-state index in [9.17, 15) is 4.79 Å². The van der Waals surface area contributed by atoms with E-state index in [-0.39, 0.29) is 12.0 Å². The summed E-state index contributed by atoms with van der Waals surface area (Å²) in [6.07, 6.45) is 1.95. The number of likely N-dealkylation sites (N-methyl/N-ethyl adjacent to an activating group) is 1. The molecule has 0 aliphatic carbocycles. The molecule has 134 valence electrons. The number of hydrogen-bond acceptors (Lipinski definition) is 4. The molecule has 1 aliphatic heterocycles. The van der Waals surface area contributed by atoms with Crippen molar-refractivity contribution in [2.24, 2.45) is 4.99 Å². The van der Waals surface area contributed by atoms with Crippen LogP contribution < -0.4 is 4.74 Å². The number of ether oxygens (including phenoxy) is 1. The molecule has 1 saturated heterocycles. The topological polar surface area (TPSA) is 41.9 Å². The molecule has 0 aromatic heterocycles. The zero-order valence-corrected chi connectivity index (χ0v) is 16.2. The van der Waals surface area contributed by atoms with Gasteiger partial charge in [0.05, 0.1) is 16.7 Å². The molecule has 0 atom stereocenters. The van der Waals surface area contributed by atoms with E-state index in [1.54, 1.807) is 11.9 Å². The van der Waals surface area contributed by atoms with E-state index in [2.05, 4.69) is 4.99 Å². The normalized spacial score (nSPS) is 17.6. The van der Waals surface area contributed by atoms with Gasteiger partial charge in [-0.1, -0.05) is 35.9 Å². The summed E-state index contributed by atoms with van der Waals surface area (Å²) in [6.45, 7) is 6.01. The van der Waals surface area contributed by atoms with Crippen LogP contribution >= 0.6 is 11.8 Å². The van der Waals surface area contributed by atoms with Crippen LogP contribution in [0.5, 0.6) is 5.75 Å². The van der Waals surface area contributed by atoms with Gasteiger partial charge in [-0.2, -0.15) is 0 Å². The minimum atomic E-state index is -0.0554. The highest BCUT2D eigenvalue weighted by atomic mass is 32.2. The van der Waals surface area contributed by atoms with Gasteiger partial charge in [-0.05, 0) is 56.8 Å². The van der Waals surface area contributed by atoms with Crippen molar-refractivity contribution in [3.63, 3.8) is 0 Å². The number of para-hydroxylation sites is 1. The SMILES string of the molecule is Cc1ccc(N=C2S/C(=C/c3ccccc3OC(C)C)C(=O)N2C)cc1. The summed E-state index contributed by atoms with van der Waals surface area (Å²) in [7, 11) is 1.75. The van der Waals surface area contributed by atoms with Crippen LogP contribution in [0, 0.1) is 6.92 Å². The van der Waals surface area contributed by atoms with Gasteiger partial charge in [0.2, 0.25) is 0 Å². The van der Waals surface area contributed by atoms with Crippen molar-refractivity contribution in [1.82, 2.24) is 4.90 Å². The molecule has 2 aromatic carbocycles. The highest BCUT2D eigenvalue weighted by Gasteiger charge is 2.30. The number of benzene rings is 2. The number of hydrogen-bond donors (Lipinski definition) is 0. The number of carbonyl (C=O) groups is 1. The summed E-state index contributed by atoms with van der Waals surface area (Å²) >= 11 is 1.38. The molecule has 26 heavy (non-hydrogen) atoms. The lowest BCUT2D eigenvalue weighted by Gasteiger charge is -2.12. The van der Waals surface area contributed by atoms with Crippen molar-refractivity contribution in [2.45, 2.75) is 26.9 Å². The Balaban J connectivity index is 1.89. The predicted molar refractivity (Wildman–Crippen MR) is 109 cm³/mol. The van der Waals surface area contributed by atoms with Gasteiger partial charge >= 0.3 is 0 Å². The predicted octanol–water partition coefficient (Wildman–Crippen LogP) is 5.02. The number of carbonyl (C=O) groups excluding carboxylic acids is 1. The Bertz CT molecular complexity index is 870. The molecule has 1 amide bonds. The van der Waals surface area contributed by atoms with Crippen LogP contribution in [0.1, 0.15) is 25.0 Å². The quantitative estimate of drug-likeness (QED) is 0.714. The fourth-order valence-electron chi connectivity index (χ4n) is 2.48. The number of amides is 1. The molecule has 0 N–H and O–H groups in total. The molecule has 5 heteroatoms. The largest absolute Gasteiger partial charge is 0.490 e. The van der Waals surface area contributed by atoms with Gasteiger partial charge in [0.25, 0.3) is 5.91 Å². The number of aryl methyl sites for hydroxylation is 1. The molecule has 3 rings (SSSR count). The molecule has 1 fully saturated rings. The fourth-order valence-corrected chi connectivity index (χ4v) is 3.46. The second-order valence-corrected chi connectivity index (χ2v) is 7.42. The van der Waals surface area contributed by atoms with Crippen LogP contribution in [-0.4, -0.2) is 29.1 Å². The molecular weight excluding hydrogens is 344 g/mol. The van der Waals surface area contributed by atoms with Gasteiger partial charge in [0.1, 0.15) is 5.75 Å². The van der Waals surface area contributed by atoms with Crippen molar-refractivity contribution in [2.75, 3.05) is 7.05 Å². The molecule has 0 saturated carbocycles. The van der Waals surface area contributed by atoms with E-state index in [4.69, 9.17) is 4.74 Å². The lowest BCUT2D eigenvalue weighted by molar-refractivity contribution is -0.121. The highest BCUT2D eigenvalue weighted by molar-refractivity contribution is 8.18. The number of amidine groups is 1. The molecular formula is C21H22N2O2S. The molecule has 4 nitrogen and oxygen atoms in total. The number of aliphatic imine (C=N–C) groups is 1. The van der Waals surface area contributed by atoms with E-state index < -0.39 is 0 Å².